The van der Waals surface area contributed by atoms with Crippen LogP contribution in [0.4, 0.5) is 18.9 Å². The molecule has 0 bridgehead atoms. The lowest BCUT2D eigenvalue weighted by Gasteiger charge is -2.58. The third kappa shape index (κ3) is 3.35. The highest BCUT2D eigenvalue weighted by molar-refractivity contribution is 5.98. The van der Waals surface area contributed by atoms with Gasteiger partial charge in [0.2, 0.25) is 5.91 Å². The Hall–Kier alpha value is -2.94. The maximum atomic E-state index is 13.0. The van der Waals surface area contributed by atoms with Crippen molar-refractivity contribution < 1.29 is 27.9 Å². The third-order valence-electron chi connectivity index (χ3n) is 5.48. The molecule has 2 aliphatic heterocycles. The van der Waals surface area contributed by atoms with Gasteiger partial charge in [0, 0.05) is 30.5 Å². The number of aromatic nitrogens is 1. The van der Waals surface area contributed by atoms with Gasteiger partial charge in [0.15, 0.2) is 0 Å². The number of aliphatic hydroxyl groups is 1. The summed E-state index contributed by atoms with van der Waals surface area (Å²) in [6.07, 6.45) is -3.28. The van der Waals surface area contributed by atoms with Gasteiger partial charge in [-0.25, -0.2) is 0 Å². The average molecular weight is 405 g/mol. The summed E-state index contributed by atoms with van der Waals surface area (Å²) in [4.78, 5) is 31.8. The smallest absolute Gasteiger partial charge is 0.394 e. The van der Waals surface area contributed by atoms with E-state index in [2.05, 4.69) is 4.98 Å². The number of nitrogens with zero attached hydrogens (tertiary/aromatic N) is 3. The van der Waals surface area contributed by atoms with Crippen molar-refractivity contribution in [2.75, 3.05) is 18.1 Å². The topological polar surface area (TPSA) is 73.7 Å². The van der Waals surface area contributed by atoms with E-state index in [4.69, 9.17) is 0 Å². The minimum atomic E-state index is -4.62. The molecule has 1 saturated heterocycles. The molecule has 0 aliphatic carbocycles. The van der Waals surface area contributed by atoms with Crippen LogP contribution >= 0.6 is 0 Å². The molecule has 1 fully saturated rings. The molecule has 1 aromatic heterocycles. The van der Waals surface area contributed by atoms with E-state index >= 15 is 0 Å². The van der Waals surface area contributed by atoms with Crippen molar-refractivity contribution in [1.82, 2.24) is 9.88 Å². The molecule has 29 heavy (non-hydrogen) atoms. The molecule has 1 N–H and O–H groups in total. The fourth-order valence-corrected chi connectivity index (χ4v) is 4.31. The van der Waals surface area contributed by atoms with Crippen LogP contribution in [-0.2, 0) is 4.79 Å². The first kappa shape index (κ1) is 19.4. The maximum Gasteiger partial charge on any atom is 0.397 e. The molecule has 0 spiro atoms. The Bertz CT molecular complexity index is 935. The highest BCUT2D eigenvalue weighted by atomic mass is 19.4. The van der Waals surface area contributed by atoms with Crippen LogP contribution in [0.2, 0.25) is 0 Å². The number of hydrogen-bond donors (Lipinski definition) is 1. The number of rotatable bonds is 3. The van der Waals surface area contributed by atoms with Crippen LogP contribution in [0.15, 0.2) is 48.8 Å². The molecule has 2 aliphatic rings. The highest BCUT2D eigenvalue weighted by Gasteiger charge is 2.55. The van der Waals surface area contributed by atoms with E-state index in [1.165, 1.54) is 17.3 Å². The Kier molecular flexibility index (Phi) is 4.77. The van der Waals surface area contributed by atoms with E-state index < -0.39 is 30.6 Å². The van der Waals surface area contributed by atoms with Crippen LogP contribution in [0.1, 0.15) is 28.3 Å². The van der Waals surface area contributed by atoms with Crippen LogP contribution in [0.25, 0.3) is 0 Å². The number of amides is 2. The van der Waals surface area contributed by atoms with E-state index in [-0.39, 0.29) is 25.0 Å². The normalized spacial score (nSPS) is 23.1. The molecule has 3 atom stereocenters. The summed E-state index contributed by atoms with van der Waals surface area (Å²) in [5, 5.41) is 9.91. The predicted molar refractivity (Wildman–Crippen MR) is 97.3 cm³/mol. The van der Waals surface area contributed by atoms with Gasteiger partial charge in [0.25, 0.3) is 5.91 Å². The lowest BCUT2D eigenvalue weighted by molar-refractivity contribution is -0.152. The molecule has 1 aromatic carbocycles. The molecule has 0 radical (unpaired) electrons. The monoisotopic (exact) mass is 405 g/mol. The first-order chi connectivity index (χ1) is 13.8. The maximum absolute atomic E-state index is 13.0. The van der Waals surface area contributed by atoms with Crippen LogP contribution in [0, 0.1) is 0 Å². The third-order valence-corrected chi connectivity index (χ3v) is 5.48. The Morgan fingerprint density at radius 2 is 1.93 bits per heavy atom. The number of aliphatic hydroxyl groups excluding tert-OH is 1. The van der Waals surface area contributed by atoms with E-state index in [0.717, 1.165) is 4.90 Å². The van der Waals surface area contributed by atoms with Crippen molar-refractivity contribution in [3.05, 3.63) is 59.9 Å². The van der Waals surface area contributed by atoms with E-state index in [9.17, 15) is 27.9 Å². The Morgan fingerprint density at radius 3 is 2.59 bits per heavy atom. The minimum Gasteiger partial charge on any atom is -0.394 e. The van der Waals surface area contributed by atoms with Crippen molar-refractivity contribution in [1.29, 1.82) is 0 Å². The van der Waals surface area contributed by atoms with Gasteiger partial charge in [-0.15, -0.1) is 0 Å². The van der Waals surface area contributed by atoms with Crippen LogP contribution in [0.3, 0.4) is 0 Å². The summed E-state index contributed by atoms with van der Waals surface area (Å²) >= 11 is 0. The number of carbonyl (C=O) groups excluding carboxylic acids is 2. The van der Waals surface area contributed by atoms with Crippen LogP contribution in [0.5, 0.6) is 0 Å². The molecule has 9 heteroatoms. The molecule has 0 saturated carbocycles. The van der Waals surface area contributed by atoms with Gasteiger partial charge < -0.3 is 14.9 Å². The first-order valence-electron chi connectivity index (χ1n) is 9.11. The standard InChI is InChI=1S/C20H18F3N3O3/c21-20(22,23)8-17(28)25-10-15-18(13-5-1-2-6-14(13)25)16(11-27)26(15)19(29)12-4-3-7-24-9-12/h1-7,9,15-16,18,27H,8,10-11H2/t15-,16-,18+/m0/s1. The number of pyridine rings is 1. The number of hydrogen-bond acceptors (Lipinski definition) is 4. The second-order valence-electron chi connectivity index (χ2n) is 7.15. The quantitative estimate of drug-likeness (QED) is 0.851. The van der Waals surface area contributed by atoms with Crippen molar-refractivity contribution in [3.8, 4) is 0 Å². The number of likely N-dealkylation sites (tertiary alicyclic amines) is 1. The first-order valence-corrected chi connectivity index (χ1v) is 9.11. The van der Waals surface area contributed by atoms with Crippen molar-refractivity contribution in [2.24, 2.45) is 0 Å². The molecule has 0 unspecified atom stereocenters. The summed E-state index contributed by atoms with van der Waals surface area (Å²) < 4.78 is 38.4. The summed E-state index contributed by atoms with van der Waals surface area (Å²) in [6.45, 7) is -0.350. The summed E-state index contributed by atoms with van der Waals surface area (Å²) in [6, 6.07) is 8.86. The van der Waals surface area contributed by atoms with Gasteiger partial charge in [-0.3, -0.25) is 14.6 Å². The summed E-state index contributed by atoms with van der Waals surface area (Å²) in [5.74, 6) is -1.70. The van der Waals surface area contributed by atoms with E-state index in [0.29, 0.717) is 16.8 Å². The van der Waals surface area contributed by atoms with E-state index in [1.54, 1.807) is 36.4 Å². The van der Waals surface area contributed by atoms with Crippen molar-refractivity contribution >= 4 is 17.5 Å². The second-order valence-corrected chi connectivity index (χ2v) is 7.15. The van der Waals surface area contributed by atoms with Gasteiger partial charge in [-0.05, 0) is 23.8 Å². The molecule has 3 heterocycles. The number of fused-ring (bicyclic) bond motifs is 3. The molecule has 2 amide bonds. The van der Waals surface area contributed by atoms with Crippen LogP contribution in [-0.4, -0.2) is 58.2 Å². The molecular formula is C20H18F3N3O3. The Labute approximate surface area is 164 Å². The Morgan fingerprint density at radius 1 is 1.17 bits per heavy atom. The fraction of sp³-hybridized carbons (Fsp3) is 0.350. The molecular weight excluding hydrogens is 387 g/mol. The lowest BCUT2D eigenvalue weighted by atomic mass is 9.71. The number of alkyl halides is 3. The predicted octanol–water partition coefficient (Wildman–Crippen LogP) is 2.35. The number of halogens is 3. The molecule has 2 aromatic rings. The number of anilines is 1. The number of benzene rings is 1. The summed E-state index contributed by atoms with van der Waals surface area (Å²) in [5.41, 5.74) is 1.37. The molecule has 6 nitrogen and oxygen atoms in total. The van der Waals surface area contributed by atoms with Gasteiger partial charge >= 0.3 is 6.18 Å². The summed E-state index contributed by atoms with van der Waals surface area (Å²) in [7, 11) is 0. The van der Waals surface area contributed by atoms with Gasteiger partial charge in [0.1, 0.15) is 6.42 Å². The molecule has 152 valence electrons. The SMILES string of the molecule is O=C(CC(F)(F)F)N1C[C@H]2[C@@H](c3ccccc31)[C@H](CO)N2C(=O)c1cccnc1. The minimum absolute atomic E-state index is 0.0565. The Balaban J connectivity index is 1.69. The van der Waals surface area contributed by atoms with Gasteiger partial charge in [-0.1, -0.05) is 18.2 Å². The van der Waals surface area contributed by atoms with Gasteiger partial charge in [-0.2, -0.15) is 13.2 Å². The zero-order valence-electron chi connectivity index (χ0n) is 15.2. The van der Waals surface area contributed by atoms with Crippen molar-refractivity contribution in [3.63, 3.8) is 0 Å². The fourth-order valence-electron chi connectivity index (χ4n) is 4.31. The second kappa shape index (κ2) is 7.14. The highest BCUT2D eigenvalue weighted by Crippen LogP contribution is 2.48. The largest absolute Gasteiger partial charge is 0.397 e. The zero-order valence-corrected chi connectivity index (χ0v) is 15.2. The number of para-hydroxylation sites is 1. The van der Waals surface area contributed by atoms with Crippen LogP contribution < -0.4 is 4.90 Å². The molecule has 4 rings (SSSR count). The van der Waals surface area contributed by atoms with E-state index in [1.807, 2.05) is 0 Å². The van der Waals surface area contributed by atoms with Gasteiger partial charge in [0.05, 0.1) is 24.3 Å². The zero-order chi connectivity index (χ0) is 20.8. The van der Waals surface area contributed by atoms with Crippen molar-refractivity contribution in [2.45, 2.75) is 30.6 Å². The average Bonchev–Trinajstić information content (AvgIpc) is 2.67. The lowest BCUT2D eigenvalue weighted by Crippen LogP contribution is -2.70. The number of carbonyl (C=O) groups is 2.